The van der Waals surface area contributed by atoms with Gasteiger partial charge in [-0.05, 0) is 54.8 Å². The van der Waals surface area contributed by atoms with Crippen LogP contribution in [-0.2, 0) is 0 Å². The van der Waals surface area contributed by atoms with E-state index in [1.165, 1.54) is 20.3 Å². The molecule has 0 aliphatic rings. The Kier molecular flexibility index (Phi) is 4.79. The predicted molar refractivity (Wildman–Crippen MR) is 88.0 cm³/mol. The van der Waals surface area contributed by atoms with Crippen molar-refractivity contribution < 1.29 is 24.1 Å². The maximum atomic E-state index is 11.7. The van der Waals surface area contributed by atoms with Gasteiger partial charge in [0.1, 0.15) is 5.75 Å². The molecule has 0 spiro atoms. The summed E-state index contributed by atoms with van der Waals surface area (Å²) in [6.45, 7) is 3.84. The van der Waals surface area contributed by atoms with Crippen molar-refractivity contribution in [2.45, 2.75) is 13.8 Å². The van der Waals surface area contributed by atoms with Gasteiger partial charge in [-0.1, -0.05) is 0 Å². The van der Waals surface area contributed by atoms with Gasteiger partial charge in [-0.2, -0.15) is 0 Å². The Morgan fingerprint density at radius 3 is 1.87 bits per heavy atom. The SMILES string of the molecule is COc1cc(C)c(-c2cc(OC)c(OC)cc2C(=O)O)cc1C. The molecule has 0 aromatic heterocycles. The lowest BCUT2D eigenvalue weighted by Crippen LogP contribution is -2.03. The van der Waals surface area contributed by atoms with E-state index in [0.29, 0.717) is 17.1 Å². The van der Waals surface area contributed by atoms with Crippen LogP contribution in [0, 0.1) is 13.8 Å². The minimum atomic E-state index is -1.02. The van der Waals surface area contributed by atoms with E-state index in [9.17, 15) is 9.90 Å². The lowest BCUT2D eigenvalue weighted by molar-refractivity contribution is 0.0697. The molecular formula is C18H20O5. The van der Waals surface area contributed by atoms with Gasteiger partial charge < -0.3 is 19.3 Å². The highest BCUT2D eigenvalue weighted by molar-refractivity contribution is 5.98. The average Bonchev–Trinajstić information content (AvgIpc) is 2.55. The number of hydrogen-bond donors (Lipinski definition) is 1. The van der Waals surface area contributed by atoms with Crippen molar-refractivity contribution in [1.29, 1.82) is 0 Å². The molecule has 0 bridgehead atoms. The first-order valence-corrected chi connectivity index (χ1v) is 7.07. The normalized spacial score (nSPS) is 10.3. The number of carboxylic acid groups (broad SMARTS) is 1. The summed E-state index contributed by atoms with van der Waals surface area (Å²) in [5.74, 6) is 0.620. The molecule has 0 heterocycles. The topological polar surface area (TPSA) is 65.0 Å². The summed E-state index contributed by atoms with van der Waals surface area (Å²) in [5.41, 5.74) is 3.41. The highest BCUT2D eigenvalue weighted by atomic mass is 16.5. The summed E-state index contributed by atoms with van der Waals surface area (Å²) in [6, 6.07) is 6.99. The number of aromatic carboxylic acids is 1. The van der Waals surface area contributed by atoms with E-state index >= 15 is 0 Å². The Morgan fingerprint density at radius 2 is 1.35 bits per heavy atom. The van der Waals surface area contributed by atoms with Crippen molar-refractivity contribution in [3.8, 4) is 28.4 Å². The van der Waals surface area contributed by atoms with Crippen LogP contribution in [0.25, 0.3) is 11.1 Å². The second-order valence-corrected chi connectivity index (χ2v) is 5.19. The van der Waals surface area contributed by atoms with Crippen molar-refractivity contribution in [2.24, 2.45) is 0 Å². The smallest absolute Gasteiger partial charge is 0.336 e. The maximum Gasteiger partial charge on any atom is 0.336 e. The zero-order chi connectivity index (χ0) is 17.1. The molecule has 1 N–H and O–H groups in total. The van der Waals surface area contributed by atoms with Gasteiger partial charge in [0.2, 0.25) is 0 Å². The van der Waals surface area contributed by atoms with Gasteiger partial charge in [0.15, 0.2) is 11.5 Å². The summed E-state index contributed by atoms with van der Waals surface area (Å²) in [4.78, 5) is 11.7. The maximum absolute atomic E-state index is 11.7. The van der Waals surface area contributed by atoms with E-state index in [2.05, 4.69) is 0 Å². The van der Waals surface area contributed by atoms with E-state index in [4.69, 9.17) is 14.2 Å². The molecule has 2 rings (SSSR count). The molecule has 0 aliphatic carbocycles. The third-order valence-electron chi connectivity index (χ3n) is 3.79. The number of rotatable bonds is 5. The first-order chi connectivity index (χ1) is 10.9. The quantitative estimate of drug-likeness (QED) is 0.911. The van der Waals surface area contributed by atoms with Crippen LogP contribution in [0.3, 0.4) is 0 Å². The zero-order valence-corrected chi connectivity index (χ0v) is 13.9. The van der Waals surface area contributed by atoms with E-state index < -0.39 is 5.97 Å². The summed E-state index contributed by atoms with van der Waals surface area (Å²) in [6.07, 6.45) is 0. The average molecular weight is 316 g/mol. The number of benzene rings is 2. The molecule has 5 heteroatoms. The van der Waals surface area contributed by atoms with Crippen LogP contribution in [0.4, 0.5) is 0 Å². The third-order valence-corrected chi connectivity index (χ3v) is 3.79. The first-order valence-electron chi connectivity index (χ1n) is 7.07. The second-order valence-electron chi connectivity index (χ2n) is 5.19. The molecule has 0 saturated heterocycles. The minimum absolute atomic E-state index is 0.162. The van der Waals surface area contributed by atoms with Crippen LogP contribution in [0.15, 0.2) is 24.3 Å². The number of aryl methyl sites for hydroxylation is 2. The van der Waals surface area contributed by atoms with Gasteiger partial charge in [-0.25, -0.2) is 4.79 Å². The fourth-order valence-electron chi connectivity index (χ4n) is 2.58. The Balaban J connectivity index is 2.76. The summed E-state index contributed by atoms with van der Waals surface area (Å²) in [5, 5.41) is 9.55. The highest BCUT2D eigenvalue weighted by Crippen LogP contribution is 2.38. The van der Waals surface area contributed by atoms with Crippen LogP contribution >= 0.6 is 0 Å². The molecule has 0 saturated carbocycles. The monoisotopic (exact) mass is 316 g/mol. The molecule has 23 heavy (non-hydrogen) atoms. The number of methoxy groups -OCH3 is 3. The van der Waals surface area contributed by atoms with Crippen molar-refractivity contribution in [3.63, 3.8) is 0 Å². The molecule has 0 aliphatic heterocycles. The largest absolute Gasteiger partial charge is 0.496 e. The highest BCUT2D eigenvalue weighted by Gasteiger charge is 2.19. The Hall–Kier alpha value is -2.69. The van der Waals surface area contributed by atoms with Crippen LogP contribution in [-0.4, -0.2) is 32.4 Å². The van der Waals surface area contributed by atoms with Crippen LogP contribution < -0.4 is 14.2 Å². The lowest BCUT2D eigenvalue weighted by atomic mass is 9.93. The molecule has 0 radical (unpaired) electrons. The van der Waals surface area contributed by atoms with Gasteiger partial charge in [-0.15, -0.1) is 0 Å². The van der Waals surface area contributed by atoms with Gasteiger partial charge in [0.25, 0.3) is 0 Å². The second kappa shape index (κ2) is 6.60. The van der Waals surface area contributed by atoms with Gasteiger partial charge in [-0.3, -0.25) is 0 Å². The summed E-state index contributed by atoms with van der Waals surface area (Å²) in [7, 11) is 4.61. The van der Waals surface area contributed by atoms with Crippen LogP contribution in [0.1, 0.15) is 21.5 Å². The van der Waals surface area contributed by atoms with E-state index in [1.54, 1.807) is 13.2 Å². The molecule has 2 aromatic carbocycles. The summed E-state index contributed by atoms with van der Waals surface area (Å²) < 4.78 is 15.8. The molecular weight excluding hydrogens is 296 g/mol. The van der Waals surface area contributed by atoms with Crippen LogP contribution in [0.2, 0.25) is 0 Å². The summed E-state index contributed by atoms with van der Waals surface area (Å²) >= 11 is 0. The molecule has 0 unspecified atom stereocenters. The Morgan fingerprint density at radius 1 is 0.783 bits per heavy atom. The van der Waals surface area contributed by atoms with Crippen molar-refractivity contribution in [2.75, 3.05) is 21.3 Å². The zero-order valence-electron chi connectivity index (χ0n) is 13.9. The fraction of sp³-hybridized carbons (Fsp3) is 0.278. The van der Waals surface area contributed by atoms with Crippen molar-refractivity contribution in [3.05, 3.63) is 41.0 Å². The molecule has 5 nitrogen and oxygen atoms in total. The minimum Gasteiger partial charge on any atom is -0.496 e. The number of carboxylic acids is 1. The molecule has 0 amide bonds. The first kappa shape index (κ1) is 16.7. The van der Waals surface area contributed by atoms with E-state index in [0.717, 1.165) is 22.4 Å². The molecule has 0 atom stereocenters. The third kappa shape index (κ3) is 3.08. The fourth-order valence-corrected chi connectivity index (χ4v) is 2.58. The van der Waals surface area contributed by atoms with Gasteiger partial charge >= 0.3 is 5.97 Å². The van der Waals surface area contributed by atoms with Gasteiger partial charge in [0.05, 0.1) is 26.9 Å². The number of carbonyl (C=O) groups is 1. The molecule has 2 aromatic rings. The van der Waals surface area contributed by atoms with Crippen molar-refractivity contribution >= 4 is 5.97 Å². The Labute approximate surface area is 135 Å². The lowest BCUT2D eigenvalue weighted by Gasteiger charge is -2.16. The predicted octanol–water partition coefficient (Wildman–Crippen LogP) is 3.69. The van der Waals surface area contributed by atoms with Crippen molar-refractivity contribution in [1.82, 2.24) is 0 Å². The Bertz CT molecular complexity index is 750. The number of ether oxygens (including phenoxy) is 3. The standard InChI is InChI=1S/C18H20O5/c1-10-7-15(21-3)11(2)6-12(10)13-8-16(22-4)17(23-5)9-14(13)18(19)20/h6-9H,1-5H3,(H,19,20). The van der Waals surface area contributed by atoms with E-state index in [-0.39, 0.29) is 5.56 Å². The molecule has 0 fully saturated rings. The molecule has 122 valence electrons. The van der Waals surface area contributed by atoms with Gasteiger partial charge in [0, 0.05) is 5.56 Å². The van der Waals surface area contributed by atoms with Crippen LogP contribution in [0.5, 0.6) is 17.2 Å². The number of hydrogen-bond acceptors (Lipinski definition) is 4. The van der Waals surface area contributed by atoms with E-state index in [1.807, 2.05) is 26.0 Å².